The summed E-state index contributed by atoms with van der Waals surface area (Å²) in [6.07, 6.45) is 3.49. The second-order valence-electron chi connectivity index (χ2n) is 5.58. The highest BCUT2D eigenvalue weighted by atomic mass is 127. The van der Waals surface area contributed by atoms with Gasteiger partial charge in [-0.05, 0) is 43.0 Å². The number of hydrogen-bond donors (Lipinski definition) is 2. The van der Waals surface area contributed by atoms with Crippen molar-refractivity contribution < 1.29 is 0 Å². The summed E-state index contributed by atoms with van der Waals surface area (Å²) in [4.78, 5) is 6.89. The monoisotopic (exact) mass is 480 g/mol. The Morgan fingerprint density at radius 1 is 1.41 bits per heavy atom. The van der Waals surface area contributed by atoms with E-state index in [0.717, 1.165) is 37.1 Å². The van der Waals surface area contributed by atoms with Gasteiger partial charge in [-0.25, -0.2) is 0 Å². The molecule has 0 spiro atoms. The van der Waals surface area contributed by atoms with Gasteiger partial charge in [-0.3, -0.25) is 4.99 Å². The minimum atomic E-state index is 0. The van der Waals surface area contributed by atoms with Crippen molar-refractivity contribution in [3.63, 3.8) is 0 Å². The molecule has 1 heterocycles. The van der Waals surface area contributed by atoms with Crippen LogP contribution in [0, 0.1) is 5.92 Å². The molecular formula is C16H26BrIN4. The number of guanidine groups is 1. The summed E-state index contributed by atoms with van der Waals surface area (Å²) in [6.45, 7) is 6.07. The molecule has 1 fully saturated rings. The highest BCUT2D eigenvalue weighted by molar-refractivity contribution is 14.0. The van der Waals surface area contributed by atoms with Crippen LogP contribution in [0.15, 0.2) is 33.7 Å². The molecule has 1 aliphatic heterocycles. The summed E-state index contributed by atoms with van der Waals surface area (Å²) in [7, 11) is 0. The molecule has 1 aliphatic rings. The average molecular weight is 481 g/mol. The molecule has 22 heavy (non-hydrogen) atoms. The lowest BCUT2D eigenvalue weighted by atomic mass is 10.1. The van der Waals surface area contributed by atoms with E-state index in [2.05, 4.69) is 62.3 Å². The van der Waals surface area contributed by atoms with Crippen molar-refractivity contribution in [1.29, 1.82) is 0 Å². The standard InChI is InChI=1S/C16H25BrN4.HI/c1-2-3-9-19-16(18)20-11-13-8-10-21(12-13)15-6-4-14(17)5-7-15;/h4-7,13H,2-3,8-12H2,1H3,(H3,18,19,20);1H. The van der Waals surface area contributed by atoms with Crippen LogP contribution in [0.4, 0.5) is 5.69 Å². The Labute approximate surface area is 159 Å². The van der Waals surface area contributed by atoms with Crippen LogP contribution >= 0.6 is 39.9 Å². The maximum absolute atomic E-state index is 5.88. The normalized spacial score (nSPS) is 18.2. The van der Waals surface area contributed by atoms with Crippen molar-refractivity contribution in [2.45, 2.75) is 26.2 Å². The molecule has 1 saturated heterocycles. The molecule has 1 atom stereocenters. The number of hydrogen-bond acceptors (Lipinski definition) is 2. The molecule has 1 aromatic rings. The van der Waals surface area contributed by atoms with Crippen LogP contribution in [-0.4, -0.2) is 32.1 Å². The Bertz CT molecular complexity index is 464. The first-order valence-electron chi connectivity index (χ1n) is 7.73. The van der Waals surface area contributed by atoms with Gasteiger partial charge in [0.2, 0.25) is 0 Å². The molecule has 0 radical (unpaired) electrons. The van der Waals surface area contributed by atoms with Crippen LogP contribution in [0.1, 0.15) is 26.2 Å². The van der Waals surface area contributed by atoms with Crippen LogP contribution < -0.4 is 16.0 Å². The van der Waals surface area contributed by atoms with Gasteiger partial charge < -0.3 is 16.0 Å². The zero-order valence-corrected chi connectivity index (χ0v) is 17.0. The lowest BCUT2D eigenvalue weighted by Gasteiger charge is -2.18. The predicted molar refractivity (Wildman–Crippen MR) is 109 cm³/mol. The number of rotatable bonds is 6. The molecule has 124 valence electrons. The van der Waals surface area contributed by atoms with Gasteiger partial charge in [-0.1, -0.05) is 29.3 Å². The zero-order chi connectivity index (χ0) is 15.1. The predicted octanol–water partition coefficient (Wildman–Crippen LogP) is 3.60. The third-order valence-corrected chi connectivity index (χ3v) is 4.36. The first-order valence-corrected chi connectivity index (χ1v) is 8.52. The van der Waals surface area contributed by atoms with Gasteiger partial charge in [0.25, 0.3) is 0 Å². The van der Waals surface area contributed by atoms with E-state index in [1.165, 1.54) is 18.5 Å². The number of halogens is 2. The quantitative estimate of drug-likeness (QED) is 0.283. The van der Waals surface area contributed by atoms with Gasteiger partial charge in [0.1, 0.15) is 0 Å². The molecule has 0 amide bonds. The van der Waals surface area contributed by atoms with E-state index in [1.54, 1.807) is 0 Å². The zero-order valence-electron chi connectivity index (χ0n) is 13.1. The van der Waals surface area contributed by atoms with Gasteiger partial charge in [0.15, 0.2) is 5.96 Å². The molecule has 0 saturated carbocycles. The maximum atomic E-state index is 5.88. The smallest absolute Gasteiger partial charge is 0.188 e. The van der Waals surface area contributed by atoms with Crippen molar-refractivity contribution in [1.82, 2.24) is 5.32 Å². The molecule has 4 nitrogen and oxygen atoms in total. The van der Waals surface area contributed by atoms with Gasteiger partial charge >= 0.3 is 0 Å². The van der Waals surface area contributed by atoms with E-state index in [1.807, 2.05) is 0 Å². The van der Waals surface area contributed by atoms with E-state index >= 15 is 0 Å². The highest BCUT2D eigenvalue weighted by Crippen LogP contribution is 2.25. The molecule has 6 heteroatoms. The fourth-order valence-electron chi connectivity index (χ4n) is 2.54. The largest absolute Gasteiger partial charge is 0.371 e. The number of benzene rings is 1. The number of aliphatic imine (C=N–C) groups is 1. The van der Waals surface area contributed by atoms with Gasteiger partial charge in [0.05, 0.1) is 0 Å². The Hall–Kier alpha value is -0.500. The average Bonchev–Trinajstić information content (AvgIpc) is 2.95. The molecule has 0 aromatic heterocycles. The van der Waals surface area contributed by atoms with Crippen molar-refractivity contribution >= 4 is 51.6 Å². The molecule has 0 bridgehead atoms. The summed E-state index contributed by atoms with van der Waals surface area (Å²) in [5.74, 6) is 1.19. The van der Waals surface area contributed by atoms with Crippen LogP contribution in [-0.2, 0) is 0 Å². The third kappa shape index (κ3) is 6.32. The van der Waals surface area contributed by atoms with Crippen molar-refractivity contribution in [2.24, 2.45) is 16.6 Å². The molecule has 2 rings (SSSR count). The topological polar surface area (TPSA) is 53.6 Å². The Kier molecular flexibility index (Phi) is 9.16. The summed E-state index contributed by atoms with van der Waals surface area (Å²) < 4.78 is 1.12. The maximum Gasteiger partial charge on any atom is 0.188 e. The summed E-state index contributed by atoms with van der Waals surface area (Å²) in [5.41, 5.74) is 7.17. The number of nitrogens with one attached hydrogen (secondary N) is 1. The van der Waals surface area contributed by atoms with E-state index in [-0.39, 0.29) is 24.0 Å². The Morgan fingerprint density at radius 3 is 2.82 bits per heavy atom. The lowest BCUT2D eigenvalue weighted by molar-refractivity contribution is 0.601. The third-order valence-electron chi connectivity index (χ3n) is 3.83. The van der Waals surface area contributed by atoms with Gasteiger partial charge in [0, 0.05) is 36.3 Å². The number of nitrogens with two attached hydrogens (primary N) is 1. The highest BCUT2D eigenvalue weighted by Gasteiger charge is 2.22. The van der Waals surface area contributed by atoms with Crippen LogP contribution in [0.3, 0.4) is 0 Å². The molecule has 1 aromatic carbocycles. The summed E-state index contributed by atoms with van der Waals surface area (Å²) >= 11 is 3.48. The SMILES string of the molecule is CCCCNC(N)=NCC1CCN(c2ccc(Br)cc2)C1.I. The first kappa shape index (κ1) is 19.5. The molecular weight excluding hydrogens is 455 g/mol. The van der Waals surface area contributed by atoms with E-state index in [9.17, 15) is 0 Å². The van der Waals surface area contributed by atoms with Crippen molar-refractivity contribution in [3.05, 3.63) is 28.7 Å². The second kappa shape index (κ2) is 10.3. The molecule has 1 unspecified atom stereocenters. The minimum Gasteiger partial charge on any atom is -0.371 e. The lowest BCUT2D eigenvalue weighted by Crippen LogP contribution is -2.33. The fraction of sp³-hybridized carbons (Fsp3) is 0.562. The number of anilines is 1. The van der Waals surface area contributed by atoms with Crippen molar-refractivity contribution in [3.8, 4) is 0 Å². The summed E-state index contributed by atoms with van der Waals surface area (Å²) in [5, 5.41) is 3.17. The van der Waals surface area contributed by atoms with E-state index in [4.69, 9.17) is 5.73 Å². The molecule has 3 N–H and O–H groups in total. The van der Waals surface area contributed by atoms with E-state index < -0.39 is 0 Å². The van der Waals surface area contributed by atoms with Crippen LogP contribution in [0.25, 0.3) is 0 Å². The second-order valence-corrected chi connectivity index (χ2v) is 6.50. The Morgan fingerprint density at radius 2 is 2.14 bits per heavy atom. The number of unbranched alkanes of at least 4 members (excludes halogenated alkanes) is 1. The van der Waals surface area contributed by atoms with Gasteiger partial charge in [-0.2, -0.15) is 0 Å². The number of nitrogens with zero attached hydrogens (tertiary/aromatic N) is 2. The fourth-order valence-corrected chi connectivity index (χ4v) is 2.81. The molecule has 0 aliphatic carbocycles. The minimum absolute atomic E-state index is 0. The van der Waals surface area contributed by atoms with E-state index in [0.29, 0.717) is 11.9 Å². The van der Waals surface area contributed by atoms with Gasteiger partial charge in [-0.15, -0.1) is 24.0 Å². The Balaban J connectivity index is 0.00000242. The first-order chi connectivity index (χ1) is 10.2. The van der Waals surface area contributed by atoms with Crippen LogP contribution in [0.2, 0.25) is 0 Å². The van der Waals surface area contributed by atoms with Crippen LogP contribution in [0.5, 0.6) is 0 Å². The summed E-state index contributed by atoms with van der Waals surface area (Å²) in [6, 6.07) is 8.51. The van der Waals surface area contributed by atoms with Crippen molar-refractivity contribution in [2.75, 3.05) is 31.1 Å².